The Bertz CT molecular complexity index is 959. The van der Waals surface area contributed by atoms with Crippen LogP contribution in [0, 0.1) is 5.92 Å². The summed E-state index contributed by atoms with van der Waals surface area (Å²) in [5.74, 6) is 1.23. The lowest BCUT2D eigenvalue weighted by atomic mass is 9.97. The topological polar surface area (TPSA) is 92.8 Å². The quantitative estimate of drug-likeness (QED) is 0.548. The number of carbonyl (C=O) groups excluding carboxylic acids is 2. The van der Waals surface area contributed by atoms with E-state index in [0.717, 1.165) is 68.4 Å². The average Bonchev–Trinajstić information content (AvgIpc) is 2.84. The molecule has 0 saturated carbocycles. The maximum Gasteiger partial charge on any atom is 0.309 e. The smallest absolute Gasteiger partial charge is 0.309 e. The van der Waals surface area contributed by atoms with E-state index < -0.39 is 0 Å². The molecule has 3 heterocycles. The molecule has 186 valence electrons. The highest BCUT2D eigenvalue weighted by atomic mass is 35.5. The monoisotopic (exact) mass is 490 g/mol. The summed E-state index contributed by atoms with van der Waals surface area (Å²) >= 11 is 0. The third-order valence-corrected chi connectivity index (χ3v) is 6.41. The van der Waals surface area contributed by atoms with Gasteiger partial charge < -0.3 is 25.0 Å². The van der Waals surface area contributed by atoms with Gasteiger partial charge in [0.2, 0.25) is 5.91 Å². The molecule has 2 N–H and O–H groups in total. The Hall–Kier alpha value is -2.42. The van der Waals surface area contributed by atoms with Crippen LogP contribution >= 0.6 is 12.4 Å². The molecule has 2 aromatic rings. The maximum absolute atomic E-state index is 12.5. The van der Waals surface area contributed by atoms with Crippen LogP contribution in [0.15, 0.2) is 30.5 Å². The van der Waals surface area contributed by atoms with Gasteiger partial charge in [-0.2, -0.15) is 0 Å². The van der Waals surface area contributed by atoms with Gasteiger partial charge in [-0.3, -0.25) is 9.59 Å². The molecule has 1 aromatic heterocycles. The third-order valence-electron chi connectivity index (χ3n) is 6.41. The Balaban J connectivity index is 0.00000324. The lowest BCUT2D eigenvalue weighted by molar-refractivity contribution is -0.149. The second kappa shape index (κ2) is 12.9. The number of rotatable bonds is 8. The van der Waals surface area contributed by atoms with E-state index in [4.69, 9.17) is 9.47 Å². The number of pyridine rings is 1. The first-order valence-corrected chi connectivity index (χ1v) is 12.1. The van der Waals surface area contributed by atoms with Crippen LogP contribution in [0.25, 0.3) is 10.8 Å². The summed E-state index contributed by atoms with van der Waals surface area (Å²) in [5, 5.41) is 8.27. The molecular weight excluding hydrogens is 456 g/mol. The first-order valence-electron chi connectivity index (χ1n) is 12.1. The second-order valence-electron chi connectivity index (χ2n) is 8.81. The molecule has 2 aliphatic rings. The van der Waals surface area contributed by atoms with Gasteiger partial charge in [0.25, 0.3) is 0 Å². The molecular formula is C25H35ClN4O4. The van der Waals surface area contributed by atoms with Crippen LogP contribution in [0.5, 0.6) is 5.75 Å². The van der Waals surface area contributed by atoms with Crippen molar-refractivity contribution in [2.75, 3.05) is 44.6 Å². The summed E-state index contributed by atoms with van der Waals surface area (Å²) in [6, 6.07) is 7.90. The van der Waals surface area contributed by atoms with Gasteiger partial charge in [-0.1, -0.05) is 0 Å². The number of likely N-dealkylation sites (tertiary alicyclic amines) is 1. The molecule has 2 fully saturated rings. The van der Waals surface area contributed by atoms with E-state index in [2.05, 4.69) is 20.5 Å². The summed E-state index contributed by atoms with van der Waals surface area (Å²) in [5.41, 5.74) is 0. The van der Waals surface area contributed by atoms with E-state index in [0.29, 0.717) is 25.4 Å². The number of hydrogen-bond donors (Lipinski definition) is 2. The van der Waals surface area contributed by atoms with E-state index in [1.54, 1.807) is 6.20 Å². The van der Waals surface area contributed by atoms with Gasteiger partial charge in [-0.25, -0.2) is 4.98 Å². The number of aromatic nitrogens is 1. The van der Waals surface area contributed by atoms with Crippen molar-refractivity contribution in [1.82, 2.24) is 15.2 Å². The van der Waals surface area contributed by atoms with Crippen LogP contribution in [0.3, 0.4) is 0 Å². The number of anilines is 1. The number of ether oxygens (including phenoxy) is 2. The summed E-state index contributed by atoms with van der Waals surface area (Å²) in [6.07, 6.45) is 6.00. The largest absolute Gasteiger partial charge is 0.490 e. The molecule has 2 saturated heterocycles. The minimum absolute atomic E-state index is 0. The lowest BCUT2D eigenvalue weighted by Crippen LogP contribution is -2.38. The fraction of sp³-hybridized carbons (Fsp3) is 0.560. The summed E-state index contributed by atoms with van der Waals surface area (Å²) in [6.45, 7) is 6.52. The molecule has 2 aliphatic heterocycles. The molecule has 0 bridgehead atoms. The first-order chi connectivity index (χ1) is 16.1. The highest BCUT2D eigenvalue weighted by Crippen LogP contribution is 2.25. The van der Waals surface area contributed by atoms with Gasteiger partial charge in [0.1, 0.15) is 17.7 Å². The van der Waals surface area contributed by atoms with Crippen LogP contribution < -0.4 is 15.4 Å². The van der Waals surface area contributed by atoms with E-state index in [1.165, 1.54) is 0 Å². The minimum atomic E-state index is -0.0958. The number of piperidine rings is 2. The van der Waals surface area contributed by atoms with Gasteiger partial charge in [-0.05, 0) is 88.4 Å². The maximum atomic E-state index is 12.5. The van der Waals surface area contributed by atoms with Crippen LogP contribution in [0.1, 0.15) is 39.0 Å². The molecule has 0 radical (unpaired) electrons. The molecule has 1 aromatic carbocycles. The van der Waals surface area contributed by atoms with Gasteiger partial charge in [0.15, 0.2) is 0 Å². The minimum Gasteiger partial charge on any atom is -0.490 e. The van der Waals surface area contributed by atoms with Crippen molar-refractivity contribution >= 4 is 40.9 Å². The van der Waals surface area contributed by atoms with E-state index in [-0.39, 0.29) is 36.3 Å². The Morgan fingerprint density at radius 3 is 2.62 bits per heavy atom. The number of nitrogens with one attached hydrogen (secondary N) is 2. The van der Waals surface area contributed by atoms with Crippen molar-refractivity contribution in [3.63, 3.8) is 0 Å². The highest BCUT2D eigenvalue weighted by Gasteiger charge is 2.26. The molecule has 0 atom stereocenters. The van der Waals surface area contributed by atoms with Crippen molar-refractivity contribution in [3.8, 4) is 5.75 Å². The molecule has 9 heteroatoms. The van der Waals surface area contributed by atoms with Gasteiger partial charge in [-0.15, -0.1) is 12.4 Å². The SMILES string of the molecule is CCOC(=O)C1CCN(CCC(=O)Nc2cc3cc(OC4CCNCC4)ccc3cn2)CC1.Cl. The van der Waals surface area contributed by atoms with Crippen LogP contribution in [-0.2, 0) is 14.3 Å². The molecule has 0 spiro atoms. The summed E-state index contributed by atoms with van der Waals surface area (Å²) in [7, 11) is 0. The average molecular weight is 491 g/mol. The number of carbonyl (C=O) groups is 2. The second-order valence-corrected chi connectivity index (χ2v) is 8.81. The Morgan fingerprint density at radius 1 is 1.12 bits per heavy atom. The molecule has 0 aliphatic carbocycles. The molecule has 1 amide bonds. The number of halogens is 1. The predicted molar refractivity (Wildman–Crippen MR) is 135 cm³/mol. The number of fused-ring (bicyclic) bond motifs is 1. The van der Waals surface area contributed by atoms with E-state index in [1.807, 2.05) is 31.2 Å². The molecule has 0 unspecified atom stereocenters. The zero-order chi connectivity index (χ0) is 23.0. The number of benzene rings is 1. The number of nitrogens with zero attached hydrogens (tertiary/aromatic N) is 2. The van der Waals surface area contributed by atoms with Gasteiger partial charge in [0, 0.05) is 24.5 Å². The number of hydrogen-bond acceptors (Lipinski definition) is 7. The number of amides is 1. The van der Waals surface area contributed by atoms with Crippen molar-refractivity contribution in [1.29, 1.82) is 0 Å². The standard InChI is InChI=1S/C25H34N4O4.ClH/c1-2-32-25(31)18-7-12-29(13-8-18)14-9-24(30)28-23-16-20-15-22(4-3-19(20)17-27-23)33-21-5-10-26-11-6-21;/h3-4,15-18,21,26H,2,5-14H2,1H3,(H,27,28,30);1H. The lowest BCUT2D eigenvalue weighted by Gasteiger charge is -2.30. The predicted octanol–water partition coefficient (Wildman–Crippen LogP) is 3.39. The molecule has 8 nitrogen and oxygen atoms in total. The Kier molecular flexibility index (Phi) is 9.92. The first kappa shape index (κ1) is 26.2. The molecule has 34 heavy (non-hydrogen) atoms. The van der Waals surface area contributed by atoms with E-state index in [9.17, 15) is 9.59 Å². The fourth-order valence-electron chi connectivity index (χ4n) is 4.48. The van der Waals surface area contributed by atoms with Crippen LogP contribution in [0.4, 0.5) is 5.82 Å². The van der Waals surface area contributed by atoms with Crippen molar-refractivity contribution in [2.45, 2.75) is 45.1 Å². The van der Waals surface area contributed by atoms with Gasteiger partial charge >= 0.3 is 5.97 Å². The van der Waals surface area contributed by atoms with Crippen molar-refractivity contribution < 1.29 is 19.1 Å². The Labute approximate surface area is 207 Å². The van der Waals surface area contributed by atoms with E-state index >= 15 is 0 Å². The zero-order valence-corrected chi connectivity index (χ0v) is 20.6. The van der Waals surface area contributed by atoms with Crippen LogP contribution in [-0.4, -0.2) is 67.2 Å². The Morgan fingerprint density at radius 2 is 1.88 bits per heavy atom. The van der Waals surface area contributed by atoms with Crippen LogP contribution in [0.2, 0.25) is 0 Å². The number of esters is 1. The zero-order valence-electron chi connectivity index (χ0n) is 19.8. The van der Waals surface area contributed by atoms with Crippen molar-refractivity contribution in [2.24, 2.45) is 5.92 Å². The van der Waals surface area contributed by atoms with Gasteiger partial charge in [0.05, 0.1) is 12.5 Å². The molecule has 4 rings (SSSR count). The fourth-order valence-corrected chi connectivity index (χ4v) is 4.48. The highest BCUT2D eigenvalue weighted by molar-refractivity contribution is 5.93. The third kappa shape index (κ3) is 7.29. The van der Waals surface area contributed by atoms with Crippen molar-refractivity contribution in [3.05, 3.63) is 30.5 Å². The summed E-state index contributed by atoms with van der Waals surface area (Å²) in [4.78, 5) is 31.0. The summed E-state index contributed by atoms with van der Waals surface area (Å²) < 4.78 is 11.3. The normalized spacial score (nSPS) is 17.7.